The van der Waals surface area contributed by atoms with E-state index in [-0.39, 0.29) is 11.8 Å². The molecule has 2 heterocycles. The van der Waals surface area contributed by atoms with Crippen LogP contribution >= 0.6 is 11.6 Å². The van der Waals surface area contributed by atoms with Gasteiger partial charge in [-0.15, -0.1) is 0 Å². The number of rotatable bonds is 2. The number of hydrogen-bond donors (Lipinski definition) is 3. The highest BCUT2D eigenvalue weighted by Gasteiger charge is 2.36. The van der Waals surface area contributed by atoms with Crippen molar-refractivity contribution in [2.75, 3.05) is 6.61 Å². The van der Waals surface area contributed by atoms with Crippen molar-refractivity contribution in [3.05, 3.63) is 29.5 Å². The van der Waals surface area contributed by atoms with Crippen LogP contribution in [0.4, 0.5) is 0 Å². The molecule has 0 fully saturated rings. The highest BCUT2D eigenvalue weighted by molar-refractivity contribution is 6.33. The molecule has 0 bridgehead atoms. The molecule has 0 radical (unpaired) electrons. The Kier molecular flexibility index (Phi) is 2.98. The van der Waals surface area contributed by atoms with Crippen molar-refractivity contribution in [1.82, 2.24) is 19.5 Å². The zero-order valence-corrected chi connectivity index (χ0v) is 10.4. The van der Waals surface area contributed by atoms with Gasteiger partial charge in [0.15, 0.2) is 10.8 Å². The third-order valence-corrected chi connectivity index (χ3v) is 3.53. The van der Waals surface area contributed by atoms with Gasteiger partial charge in [-0.3, -0.25) is 0 Å². The lowest BCUT2D eigenvalue weighted by Gasteiger charge is -2.18. The molecule has 0 saturated heterocycles. The van der Waals surface area contributed by atoms with Crippen LogP contribution in [0.15, 0.2) is 24.3 Å². The first-order valence-corrected chi connectivity index (χ1v) is 6.02. The van der Waals surface area contributed by atoms with Crippen LogP contribution in [0.5, 0.6) is 0 Å². The van der Waals surface area contributed by atoms with Crippen LogP contribution < -0.4 is 0 Å². The van der Waals surface area contributed by atoms with E-state index in [1.54, 1.807) is 10.6 Å². The summed E-state index contributed by atoms with van der Waals surface area (Å²) in [7, 11) is 0. The van der Waals surface area contributed by atoms with Gasteiger partial charge in [0, 0.05) is 0 Å². The zero-order valence-electron chi connectivity index (χ0n) is 9.68. The van der Waals surface area contributed by atoms with Gasteiger partial charge in [-0.2, -0.15) is 0 Å². The van der Waals surface area contributed by atoms with E-state index in [4.69, 9.17) is 16.7 Å². The Morgan fingerprint density at radius 2 is 2.05 bits per heavy atom. The van der Waals surface area contributed by atoms with E-state index in [2.05, 4.69) is 15.0 Å². The molecule has 7 nitrogen and oxygen atoms in total. The molecule has 2 aromatic heterocycles. The number of aliphatic hydroxyl groups excluding tert-OH is 3. The zero-order chi connectivity index (χ0) is 13.6. The Morgan fingerprint density at radius 1 is 1.26 bits per heavy atom. The summed E-state index contributed by atoms with van der Waals surface area (Å²) in [6.07, 6.45) is 2.23. The molecule has 8 heteroatoms. The van der Waals surface area contributed by atoms with Crippen LogP contribution in [-0.2, 0) is 0 Å². The van der Waals surface area contributed by atoms with Crippen LogP contribution in [0.1, 0.15) is 6.04 Å². The number of aliphatic hydroxyl groups is 3. The second-order valence-corrected chi connectivity index (χ2v) is 4.67. The monoisotopic (exact) mass is 282 g/mol. The lowest BCUT2D eigenvalue weighted by Crippen LogP contribution is -2.30. The van der Waals surface area contributed by atoms with Crippen LogP contribution in [0.2, 0.25) is 5.15 Å². The first-order valence-electron chi connectivity index (χ1n) is 5.64. The van der Waals surface area contributed by atoms with Crippen molar-refractivity contribution >= 4 is 22.8 Å². The Bertz CT molecular complexity index is 656. The molecule has 1 aliphatic rings. The van der Waals surface area contributed by atoms with E-state index in [1.165, 1.54) is 12.7 Å². The summed E-state index contributed by atoms with van der Waals surface area (Å²) >= 11 is 5.90. The third-order valence-electron chi connectivity index (χ3n) is 3.26. The van der Waals surface area contributed by atoms with Crippen LogP contribution in [0.3, 0.4) is 0 Å². The summed E-state index contributed by atoms with van der Waals surface area (Å²) in [6.45, 7) is -0.308. The topological polar surface area (TPSA) is 104 Å². The number of imidazole rings is 1. The smallest absolute Gasteiger partial charge is 0.165 e. The summed E-state index contributed by atoms with van der Waals surface area (Å²) in [6, 6.07) is -0.548. The normalized spacial score (nSPS) is 26.9. The maximum absolute atomic E-state index is 10.0. The van der Waals surface area contributed by atoms with Crippen LogP contribution in [0.25, 0.3) is 11.2 Å². The average Bonchev–Trinajstić information content (AvgIpc) is 2.94. The summed E-state index contributed by atoms with van der Waals surface area (Å²) in [5, 5.41) is 29.1. The minimum Gasteiger partial charge on any atom is -0.392 e. The molecule has 3 atom stereocenters. The van der Waals surface area contributed by atoms with Crippen LogP contribution in [-0.4, -0.2) is 53.7 Å². The molecular formula is C11H11ClN4O3. The molecule has 3 N–H and O–H groups in total. The first-order chi connectivity index (χ1) is 9.13. The highest BCUT2D eigenvalue weighted by Crippen LogP contribution is 2.31. The second kappa shape index (κ2) is 4.53. The number of aromatic nitrogens is 4. The van der Waals surface area contributed by atoms with Crippen molar-refractivity contribution < 1.29 is 15.3 Å². The molecule has 19 heavy (non-hydrogen) atoms. The molecule has 1 aliphatic carbocycles. The fourth-order valence-corrected chi connectivity index (χ4v) is 2.43. The lowest BCUT2D eigenvalue weighted by atomic mass is 10.1. The molecule has 100 valence electrons. The second-order valence-electron chi connectivity index (χ2n) is 4.31. The van der Waals surface area contributed by atoms with Crippen molar-refractivity contribution in [1.29, 1.82) is 0 Å². The predicted molar refractivity (Wildman–Crippen MR) is 66.6 cm³/mol. The van der Waals surface area contributed by atoms with Crippen molar-refractivity contribution in [2.24, 2.45) is 0 Å². The molecule has 2 aromatic rings. The van der Waals surface area contributed by atoms with Gasteiger partial charge in [-0.05, 0) is 5.57 Å². The number of halogens is 1. The SMILES string of the molecule is OCC1=C[C@@H](n2cnc3c(Cl)ncnc32)[C@@H](O)[C@H]1O. The average molecular weight is 283 g/mol. The summed E-state index contributed by atoms with van der Waals surface area (Å²) in [5.74, 6) is 0. The summed E-state index contributed by atoms with van der Waals surface area (Å²) < 4.78 is 1.60. The highest BCUT2D eigenvalue weighted by atomic mass is 35.5. The standard InChI is InChI=1S/C11H11ClN4O3/c12-10-7-11(14-3-13-10)16(4-15-7)6-1-5(2-17)8(18)9(6)19/h1,3-4,6,8-9,17-19H,2H2/t6-,8+,9-/m1/s1. The summed E-state index contributed by atoms with van der Waals surface area (Å²) in [5.41, 5.74) is 1.27. The van der Waals surface area contributed by atoms with Crippen molar-refractivity contribution in [2.45, 2.75) is 18.2 Å². The molecule has 0 amide bonds. The van der Waals surface area contributed by atoms with Gasteiger partial charge < -0.3 is 19.9 Å². The van der Waals surface area contributed by atoms with E-state index >= 15 is 0 Å². The van der Waals surface area contributed by atoms with Gasteiger partial charge in [0.25, 0.3) is 0 Å². The molecular weight excluding hydrogens is 272 g/mol. The van der Waals surface area contributed by atoms with E-state index in [9.17, 15) is 10.2 Å². The predicted octanol–water partition coefficient (Wildman–Crippen LogP) is -0.325. The molecule has 0 saturated carbocycles. The Hall–Kier alpha value is -1.54. The molecule has 3 rings (SSSR count). The Morgan fingerprint density at radius 3 is 2.74 bits per heavy atom. The molecule has 0 aromatic carbocycles. The molecule has 0 unspecified atom stereocenters. The largest absolute Gasteiger partial charge is 0.392 e. The van der Waals surface area contributed by atoms with Gasteiger partial charge in [-0.25, -0.2) is 15.0 Å². The van der Waals surface area contributed by atoms with E-state index in [1.807, 2.05) is 0 Å². The quantitative estimate of drug-likeness (QED) is 0.515. The van der Waals surface area contributed by atoms with Gasteiger partial charge in [0.1, 0.15) is 24.1 Å². The molecule has 0 spiro atoms. The van der Waals surface area contributed by atoms with E-state index in [0.29, 0.717) is 16.7 Å². The summed E-state index contributed by atoms with van der Waals surface area (Å²) in [4.78, 5) is 12.0. The van der Waals surface area contributed by atoms with Gasteiger partial charge >= 0.3 is 0 Å². The third kappa shape index (κ3) is 1.82. The van der Waals surface area contributed by atoms with Crippen molar-refractivity contribution in [3.63, 3.8) is 0 Å². The van der Waals surface area contributed by atoms with Crippen LogP contribution in [0, 0.1) is 0 Å². The van der Waals surface area contributed by atoms with E-state index < -0.39 is 18.2 Å². The van der Waals surface area contributed by atoms with Gasteiger partial charge in [0.2, 0.25) is 0 Å². The number of nitrogens with zero attached hydrogens (tertiary/aromatic N) is 4. The van der Waals surface area contributed by atoms with Gasteiger partial charge in [-0.1, -0.05) is 17.7 Å². The number of fused-ring (bicyclic) bond motifs is 1. The lowest BCUT2D eigenvalue weighted by molar-refractivity contribution is 0.0287. The fraction of sp³-hybridized carbons (Fsp3) is 0.364. The molecule has 0 aliphatic heterocycles. The first kappa shape index (κ1) is 12.5. The van der Waals surface area contributed by atoms with Gasteiger partial charge in [0.05, 0.1) is 19.0 Å². The minimum absolute atomic E-state index is 0.225. The minimum atomic E-state index is -1.09. The Labute approximate surface area is 112 Å². The van der Waals surface area contributed by atoms with E-state index in [0.717, 1.165) is 0 Å². The Balaban J connectivity index is 2.11. The number of hydrogen-bond acceptors (Lipinski definition) is 6. The maximum atomic E-state index is 10.0. The fourth-order valence-electron chi connectivity index (χ4n) is 2.26. The maximum Gasteiger partial charge on any atom is 0.165 e. The van der Waals surface area contributed by atoms with Crippen molar-refractivity contribution in [3.8, 4) is 0 Å².